The Balaban J connectivity index is 1.76. The molecular weight excluding hydrogens is 316 g/mol. The van der Waals surface area contributed by atoms with Gasteiger partial charge in [0, 0.05) is 50.8 Å². The van der Waals surface area contributed by atoms with Crippen LogP contribution >= 0.6 is 0 Å². The summed E-state index contributed by atoms with van der Waals surface area (Å²) in [6, 6.07) is 8.05. The largest absolute Gasteiger partial charge is 0.347 e. The Hall–Kier alpha value is -2.63. The van der Waals surface area contributed by atoms with Crippen molar-refractivity contribution in [2.24, 2.45) is 7.05 Å². The highest BCUT2D eigenvalue weighted by Crippen LogP contribution is 2.22. The summed E-state index contributed by atoms with van der Waals surface area (Å²) >= 11 is 0. The van der Waals surface area contributed by atoms with Gasteiger partial charge in [-0.1, -0.05) is 36.8 Å². The molecule has 1 aliphatic rings. The summed E-state index contributed by atoms with van der Waals surface area (Å²) in [5, 5.41) is 7.35. The van der Waals surface area contributed by atoms with Crippen molar-refractivity contribution in [1.29, 1.82) is 0 Å². The molecule has 1 aliphatic heterocycles. The van der Waals surface area contributed by atoms with Gasteiger partial charge < -0.3 is 10.2 Å². The fourth-order valence-electron chi connectivity index (χ4n) is 3.30. The summed E-state index contributed by atoms with van der Waals surface area (Å²) in [5.74, 6) is -0.0789. The highest BCUT2D eigenvalue weighted by Gasteiger charge is 2.28. The van der Waals surface area contributed by atoms with E-state index in [0.717, 1.165) is 28.8 Å². The number of carbonyl (C=O) groups is 2. The SMILES string of the molecule is CCC(=O)N1CCc2c(c(C(=O)NCc3cccc(C)c3)nn2C)C1. The van der Waals surface area contributed by atoms with Crippen LogP contribution in [-0.4, -0.2) is 33.0 Å². The van der Waals surface area contributed by atoms with Gasteiger partial charge in [0.05, 0.1) is 0 Å². The number of hydrogen-bond donors (Lipinski definition) is 1. The van der Waals surface area contributed by atoms with E-state index in [-0.39, 0.29) is 11.8 Å². The molecule has 0 atom stereocenters. The lowest BCUT2D eigenvalue weighted by Crippen LogP contribution is -2.36. The third-order valence-corrected chi connectivity index (χ3v) is 4.65. The zero-order chi connectivity index (χ0) is 18.0. The molecule has 0 radical (unpaired) electrons. The highest BCUT2D eigenvalue weighted by molar-refractivity contribution is 5.94. The van der Waals surface area contributed by atoms with Crippen LogP contribution in [0.25, 0.3) is 0 Å². The first-order chi connectivity index (χ1) is 12.0. The molecule has 0 unspecified atom stereocenters. The van der Waals surface area contributed by atoms with E-state index in [4.69, 9.17) is 0 Å². The number of carbonyl (C=O) groups excluding carboxylic acids is 2. The minimum Gasteiger partial charge on any atom is -0.347 e. The predicted molar refractivity (Wildman–Crippen MR) is 95.0 cm³/mol. The molecule has 0 saturated carbocycles. The summed E-state index contributed by atoms with van der Waals surface area (Å²) < 4.78 is 1.77. The van der Waals surface area contributed by atoms with Gasteiger partial charge in [-0.3, -0.25) is 14.3 Å². The van der Waals surface area contributed by atoms with Gasteiger partial charge in [0.15, 0.2) is 5.69 Å². The van der Waals surface area contributed by atoms with E-state index in [2.05, 4.69) is 16.5 Å². The van der Waals surface area contributed by atoms with E-state index in [1.165, 1.54) is 0 Å². The zero-order valence-corrected chi connectivity index (χ0v) is 15.0. The van der Waals surface area contributed by atoms with E-state index >= 15 is 0 Å². The van der Waals surface area contributed by atoms with Crippen LogP contribution in [0.2, 0.25) is 0 Å². The Morgan fingerprint density at radius 2 is 2.12 bits per heavy atom. The van der Waals surface area contributed by atoms with Crippen LogP contribution in [-0.2, 0) is 31.4 Å². The lowest BCUT2D eigenvalue weighted by molar-refractivity contribution is -0.131. The van der Waals surface area contributed by atoms with Gasteiger partial charge in [-0.2, -0.15) is 5.10 Å². The first-order valence-corrected chi connectivity index (χ1v) is 8.65. The van der Waals surface area contributed by atoms with E-state index in [1.54, 1.807) is 9.58 Å². The van der Waals surface area contributed by atoms with E-state index in [0.29, 0.717) is 31.7 Å². The third-order valence-electron chi connectivity index (χ3n) is 4.65. The maximum absolute atomic E-state index is 12.6. The predicted octanol–water partition coefficient (Wildman–Crippen LogP) is 1.95. The molecule has 0 aliphatic carbocycles. The third kappa shape index (κ3) is 3.57. The Morgan fingerprint density at radius 3 is 2.84 bits per heavy atom. The summed E-state index contributed by atoms with van der Waals surface area (Å²) in [6.45, 7) is 5.49. The van der Waals surface area contributed by atoms with Gasteiger partial charge in [-0.05, 0) is 12.5 Å². The lowest BCUT2D eigenvalue weighted by atomic mass is 10.0. The average Bonchev–Trinajstić information content (AvgIpc) is 2.95. The fraction of sp³-hybridized carbons (Fsp3) is 0.421. The van der Waals surface area contributed by atoms with Crippen LogP contribution in [0.4, 0.5) is 0 Å². The number of aromatic nitrogens is 2. The summed E-state index contributed by atoms with van der Waals surface area (Å²) in [7, 11) is 1.85. The molecule has 132 valence electrons. The molecule has 1 aromatic heterocycles. The van der Waals surface area contributed by atoms with Crippen molar-refractivity contribution in [1.82, 2.24) is 20.0 Å². The molecule has 1 aromatic carbocycles. The van der Waals surface area contributed by atoms with Crippen molar-refractivity contribution < 1.29 is 9.59 Å². The lowest BCUT2D eigenvalue weighted by Gasteiger charge is -2.27. The number of nitrogens with zero attached hydrogens (tertiary/aromatic N) is 3. The van der Waals surface area contributed by atoms with Gasteiger partial charge in [-0.25, -0.2) is 0 Å². The van der Waals surface area contributed by atoms with E-state index < -0.39 is 0 Å². The quantitative estimate of drug-likeness (QED) is 0.925. The van der Waals surface area contributed by atoms with Crippen LogP contribution in [0, 0.1) is 6.92 Å². The standard InChI is InChI=1S/C19H24N4O2/c1-4-17(24)23-9-8-16-15(12-23)18(21-22(16)3)19(25)20-11-14-7-5-6-13(2)10-14/h5-7,10H,4,8-9,11-12H2,1-3H3,(H,20,25). The van der Waals surface area contributed by atoms with Crippen LogP contribution in [0.15, 0.2) is 24.3 Å². The van der Waals surface area contributed by atoms with Gasteiger partial charge >= 0.3 is 0 Å². The second kappa shape index (κ2) is 7.09. The first kappa shape index (κ1) is 17.2. The topological polar surface area (TPSA) is 67.2 Å². The normalized spacial score (nSPS) is 13.5. The minimum atomic E-state index is -0.191. The summed E-state index contributed by atoms with van der Waals surface area (Å²) in [5.41, 5.74) is 4.56. The maximum Gasteiger partial charge on any atom is 0.272 e. The van der Waals surface area contributed by atoms with Crippen molar-refractivity contribution in [2.75, 3.05) is 6.54 Å². The van der Waals surface area contributed by atoms with Gasteiger partial charge in [0.1, 0.15) is 0 Å². The molecule has 6 heteroatoms. The van der Waals surface area contributed by atoms with Crippen LogP contribution in [0.3, 0.4) is 0 Å². The molecule has 2 heterocycles. The Bertz CT molecular complexity index is 810. The monoisotopic (exact) mass is 340 g/mol. The molecular formula is C19H24N4O2. The average molecular weight is 340 g/mol. The molecule has 0 bridgehead atoms. The highest BCUT2D eigenvalue weighted by atomic mass is 16.2. The number of amides is 2. The van der Waals surface area contributed by atoms with Crippen molar-refractivity contribution in [2.45, 2.75) is 39.8 Å². The summed E-state index contributed by atoms with van der Waals surface area (Å²) in [6.07, 6.45) is 1.21. The molecule has 3 rings (SSSR count). The zero-order valence-electron chi connectivity index (χ0n) is 15.0. The van der Waals surface area contributed by atoms with Crippen LogP contribution < -0.4 is 5.32 Å². The van der Waals surface area contributed by atoms with Crippen molar-refractivity contribution >= 4 is 11.8 Å². The Labute approximate surface area is 147 Å². The molecule has 0 spiro atoms. The van der Waals surface area contributed by atoms with Crippen LogP contribution in [0.1, 0.15) is 46.2 Å². The minimum absolute atomic E-state index is 0.112. The van der Waals surface area contributed by atoms with Crippen molar-refractivity contribution in [3.05, 3.63) is 52.3 Å². The number of benzene rings is 1. The van der Waals surface area contributed by atoms with Crippen LogP contribution in [0.5, 0.6) is 0 Å². The molecule has 25 heavy (non-hydrogen) atoms. The number of aryl methyl sites for hydroxylation is 2. The van der Waals surface area contributed by atoms with Gasteiger partial charge in [-0.15, -0.1) is 0 Å². The number of hydrogen-bond acceptors (Lipinski definition) is 3. The first-order valence-electron chi connectivity index (χ1n) is 8.65. The van der Waals surface area contributed by atoms with Crippen molar-refractivity contribution in [3.8, 4) is 0 Å². The molecule has 0 saturated heterocycles. The second-order valence-electron chi connectivity index (χ2n) is 6.49. The Morgan fingerprint density at radius 1 is 1.32 bits per heavy atom. The number of fused-ring (bicyclic) bond motifs is 1. The van der Waals surface area contributed by atoms with E-state index in [9.17, 15) is 9.59 Å². The second-order valence-corrected chi connectivity index (χ2v) is 6.49. The van der Waals surface area contributed by atoms with Gasteiger partial charge in [0.25, 0.3) is 5.91 Å². The number of nitrogens with one attached hydrogen (secondary N) is 1. The van der Waals surface area contributed by atoms with Crippen molar-refractivity contribution in [3.63, 3.8) is 0 Å². The molecule has 6 nitrogen and oxygen atoms in total. The smallest absolute Gasteiger partial charge is 0.272 e. The molecule has 2 aromatic rings. The number of rotatable bonds is 4. The molecule has 1 N–H and O–H groups in total. The Kier molecular flexibility index (Phi) is 4.88. The maximum atomic E-state index is 12.6. The van der Waals surface area contributed by atoms with Gasteiger partial charge in [0.2, 0.25) is 5.91 Å². The molecule has 0 fully saturated rings. The summed E-state index contributed by atoms with van der Waals surface area (Å²) in [4.78, 5) is 26.5. The molecule has 2 amide bonds. The fourth-order valence-corrected chi connectivity index (χ4v) is 3.30. The van der Waals surface area contributed by atoms with E-state index in [1.807, 2.05) is 39.1 Å².